The van der Waals surface area contributed by atoms with Gasteiger partial charge >= 0.3 is 0 Å². The van der Waals surface area contributed by atoms with Crippen molar-refractivity contribution in [2.45, 2.75) is 51.9 Å². The Morgan fingerprint density at radius 3 is 2.70 bits per heavy atom. The fourth-order valence-corrected chi connectivity index (χ4v) is 4.34. The van der Waals surface area contributed by atoms with Crippen molar-refractivity contribution in [3.63, 3.8) is 0 Å². The molecule has 0 aliphatic carbocycles. The van der Waals surface area contributed by atoms with Gasteiger partial charge in [-0.2, -0.15) is 0 Å². The number of carbonyl (C=O) groups is 2. The molecule has 0 radical (unpaired) electrons. The van der Waals surface area contributed by atoms with Crippen molar-refractivity contribution in [1.82, 2.24) is 25.2 Å². The summed E-state index contributed by atoms with van der Waals surface area (Å²) in [4.78, 5) is 29.6. The molecule has 0 fully saturated rings. The van der Waals surface area contributed by atoms with Gasteiger partial charge in [-0.1, -0.05) is 30.3 Å². The molecule has 1 atom stereocenters. The zero-order valence-electron chi connectivity index (χ0n) is 18.9. The third-order valence-corrected chi connectivity index (χ3v) is 6.57. The van der Waals surface area contributed by atoms with Crippen molar-refractivity contribution in [1.29, 1.82) is 0 Å². The molecule has 0 saturated carbocycles. The molecular formula is C24H27N5O3S. The van der Waals surface area contributed by atoms with E-state index in [1.165, 1.54) is 11.3 Å². The van der Waals surface area contributed by atoms with Crippen LogP contribution in [0.15, 0.2) is 64.6 Å². The van der Waals surface area contributed by atoms with Gasteiger partial charge in [0.1, 0.15) is 23.9 Å². The number of hydrogen-bond acceptors (Lipinski definition) is 6. The van der Waals surface area contributed by atoms with Crippen LogP contribution in [0, 0.1) is 0 Å². The van der Waals surface area contributed by atoms with E-state index in [-0.39, 0.29) is 24.9 Å². The monoisotopic (exact) mass is 465 g/mol. The summed E-state index contributed by atoms with van der Waals surface area (Å²) in [6.45, 7) is 6.06. The number of benzene rings is 1. The van der Waals surface area contributed by atoms with E-state index in [9.17, 15) is 9.59 Å². The summed E-state index contributed by atoms with van der Waals surface area (Å²) in [5.74, 6) is 0.105. The van der Waals surface area contributed by atoms with Crippen LogP contribution in [0.3, 0.4) is 0 Å². The van der Waals surface area contributed by atoms with Crippen LogP contribution in [0.1, 0.15) is 43.9 Å². The van der Waals surface area contributed by atoms with Gasteiger partial charge in [-0.25, -0.2) is 4.68 Å². The first kappa shape index (κ1) is 22.7. The van der Waals surface area contributed by atoms with Crippen LogP contribution in [0.4, 0.5) is 0 Å². The average molecular weight is 466 g/mol. The fourth-order valence-electron chi connectivity index (χ4n) is 3.51. The maximum Gasteiger partial charge on any atom is 0.248 e. The highest BCUT2D eigenvalue weighted by molar-refractivity contribution is 7.10. The van der Waals surface area contributed by atoms with Gasteiger partial charge in [0.2, 0.25) is 11.8 Å². The minimum Gasteiger partial charge on any atom is -0.467 e. The Morgan fingerprint density at radius 2 is 2.00 bits per heavy atom. The van der Waals surface area contributed by atoms with E-state index in [0.29, 0.717) is 11.3 Å². The lowest BCUT2D eigenvalue weighted by atomic mass is 10.0. The summed E-state index contributed by atoms with van der Waals surface area (Å²) in [6.07, 6.45) is 2.32. The first-order valence-electron chi connectivity index (χ1n) is 10.8. The highest BCUT2D eigenvalue weighted by atomic mass is 32.1. The van der Waals surface area contributed by atoms with E-state index in [2.05, 4.69) is 15.6 Å². The van der Waals surface area contributed by atoms with Crippen molar-refractivity contribution in [2.75, 3.05) is 0 Å². The number of thiophene rings is 1. The molecule has 1 aromatic carbocycles. The molecule has 0 spiro atoms. The molecule has 9 heteroatoms. The van der Waals surface area contributed by atoms with Crippen molar-refractivity contribution in [3.8, 4) is 0 Å². The maximum atomic E-state index is 13.7. The number of amides is 2. The van der Waals surface area contributed by atoms with Crippen LogP contribution in [0.5, 0.6) is 0 Å². The number of fused-ring (bicyclic) bond motifs is 1. The molecule has 172 valence electrons. The Hall–Kier alpha value is -3.46. The predicted molar refractivity (Wildman–Crippen MR) is 126 cm³/mol. The van der Waals surface area contributed by atoms with Crippen LogP contribution in [0.2, 0.25) is 0 Å². The van der Waals surface area contributed by atoms with Crippen molar-refractivity contribution in [2.24, 2.45) is 0 Å². The third-order valence-electron chi connectivity index (χ3n) is 5.65. The lowest BCUT2D eigenvalue weighted by Crippen LogP contribution is -2.50. The topological polar surface area (TPSA) is 93.3 Å². The minimum absolute atomic E-state index is 0.0481. The molecule has 3 aromatic heterocycles. The fraction of sp³-hybridized carbons (Fsp3) is 0.333. The Balaban J connectivity index is 1.70. The van der Waals surface area contributed by atoms with Crippen LogP contribution in [-0.2, 0) is 22.7 Å². The van der Waals surface area contributed by atoms with Crippen molar-refractivity contribution in [3.05, 3.63) is 70.8 Å². The van der Waals surface area contributed by atoms with Gasteiger partial charge in [0.15, 0.2) is 0 Å². The van der Waals surface area contributed by atoms with Crippen molar-refractivity contribution < 1.29 is 14.0 Å². The number of para-hydroxylation sites is 1. The average Bonchev–Trinajstić information content (AvgIpc) is 3.56. The Labute approximate surface area is 196 Å². The summed E-state index contributed by atoms with van der Waals surface area (Å²) >= 11 is 1.44. The Kier molecular flexibility index (Phi) is 6.60. The number of hydrogen-bond donors (Lipinski definition) is 1. The quantitative estimate of drug-likeness (QED) is 0.401. The molecular weight excluding hydrogens is 438 g/mol. The third kappa shape index (κ3) is 5.14. The first-order valence-corrected chi connectivity index (χ1v) is 11.7. The van der Waals surface area contributed by atoms with E-state index >= 15 is 0 Å². The molecule has 33 heavy (non-hydrogen) atoms. The van der Waals surface area contributed by atoms with Gasteiger partial charge in [0, 0.05) is 10.4 Å². The van der Waals surface area contributed by atoms with Gasteiger partial charge in [-0.05, 0) is 56.0 Å². The largest absolute Gasteiger partial charge is 0.467 e. The van der Waals surface area contributed by atoms with Crippen LogP contribution >= 0.6 is 11.3 Å². The molecule has 0 saturated heterocycles. The summed E-state index contributed by atoms with van der Waals surface area (Å²) in [5.41, 5.74) is 1.06. The second-order valence-corrected chi connectivity index (χ2v) is 9.46. The lowest BCUT2D eigenvalue weighted by molar-refractivity contribution is -0.143. The highest BCUT2D eigenvalue weighted by Crippen LogP contribution is 2.29. The van der Waals surface area contributed by atoms with E-state index in [0.717, 1.165) is 16.8 Å². The first-order chi connectivity index (χ1) is 15.9. The second-order valence-electron chi connectivity index (χ2n) is 8.48. The standard InChI is InChI=1S/C24H27N5O3S/c1-4-24(2,3)25-23(31)22(20-12-8-14-33-20)28(15-17-9-7-13-32-17)21(30)16-29-19-11-6-5-10-18(19)26-27-29/h5-14,22H,4,15-16H2,1-3H3,(H,25,31). The Bertz CT molecular complexity index is 1210. The molecule has 1 N–H and O–H groups in total. The van der Waals surface area contributed by atoms with Gasteiger partial charge in [0.05, 0.1) is 18.3 Å². The smallest absolute Gasteiger partial charge is 0.248 e. The highest BCUT2D eigenvalue weighted by Gasteiger charge is 2.35. The second kappa shape index (κ2) is 9.58. The molecule has 2 amide bonds. The van der Waals surface area contributed by atoms with Gasteiger partial charge < -0.3 is 14.6 Å². The molecule has 4 rings (SSSR count). The molecule has 3 heterocycles. The molecule has 0 bridgehead atoms. The molecule has 0 aliphatic rings. The number of furan rings is 1. The van der Waals surface area contributed by atoms with E-state index < -0.39 is 11.6 Å². The number of rotatable bonds is 9. The summed E-state index contributed by atoms with van der Waals surface area (Å²) in [6, 6.07) is 14.0. The summed E-state index contributed by atoms with van der Waals surface area (Å²) in [5, 5.41) is 13.3. The zero-order valence-corrected chi connectivity index (χ0v) is 19.7. The number of nitrogens with one attached hydrogen (secondary N) is 1. The molecule has 8 nitrogen and oxygen atoms in total. The minimum atomic E-state index is -0.803. The van der Waals surface area contributed by atoms with Crippen LogP contribution < -0.4 is 5.32 Å². The maximum absolute atomic E-state index is 13.7. The molecule has 1 unspecified atom stereocenters. The summed E-state index contributed by atoms with van der Waals surface area (Å²) in [7, 11) is 0. The molecule has 0 aliphatic heterocycles. The van der Waals surface area contributed by atoms with E-state index in [1.807, 2.05) is 62.5 Å². The normalized spacial score (nSPS) is 12.6. The number of aromatic nitrogens is 3. The van der Waals surface area contributed by atoms with Gasteiger partial charge in [0.25, 0.3) is 0 Å². The number of nitrogens with zero attached hydrogens (tertiary/aromatic N) is 4. The van der Waals surface area contributed by atoms with Crippen molar-refractivity contribution >= 4 is 34.2 Å². The number of carbonyl (C=O) groups excluding carboxylic acids is 2. The van der Waals surface area contributed by atoms with Crippen LogP contribution in [0.25, 0.3) is 11.0 Å². The SMILES string of the molecule is CCC(C)(C)NC(=O)C(c1cccs1)N(Cc1ccco1)C(=O)Cn1nnc2ccccc21. The van der Waals surface area contributed by atoms with E-state index in [4.69, 9.17) is 4.42 Å². The van der Waals surface area contributed by atoms with Crippen LogP contribution in [-0.4, -0.2) is 37.2 Å². The lowest BCUT2D eigenvalue weighted by Gasteiger charge is -2.33. The Morgan fingerprint density at radius 1 is 1.18 bits per heavy atom. The van der Waals surface area contributed by atoms with Gasteiger partial charge in [-0.3, -0.25) is 9.59 Å². The summed E-state index contributed by atoms with van der Waals surface area (Å²) < 4.78 is 7.09. The molecule has 4 aromatic rings. The zero-order chi connectivity index (χ0) is 23.4. The predicted octanol–water partition coefficient (Wildman–Crippen LogP) is 4.16. The van der Waals surface area contributed by atoms with Gasteiger partial charge in [-0.15, -0.1) is 16.4 Å². The van der Waals surface area contributed by atoms with E-state index in [1.54, 1.807) is 28.0 Å².